The zero-order chi connectivity index (χ0) is 22.8. The number of rotatable bonds is 7. The molecular weight excluding hydrogens is 410 g/mol. The van der Waals surface area contributed by atoms with Crippen LogP contribution in [0.25, 0.3) is 16.9 Å². The van der Waals surface area contributed by atoms with E-state index in [1.54, 1.807) is 33.0 Å². The molecule has 0 radical (unpaired) electrons. The van der Waals surface area contributed by atoms with Crippen LogP contribution in [0.5, 0.6) is 23.0 Å². The van der Waals surface area contributed by atoms with E-state index in [2.05, 4.69) is 10.3 Å². The largest absolute Gasteiger partial charge is 0.497 e. The van der Waals surface area contributed by atoms with Gasteiger partial charge in [-0.1, -0.05) is 0 Å². The van der Waals surface area contributed by atoms with E-state index < -0.39 is 0 Å². The molecule has 9 heteroatoms. The van der Waals surface area contributed by atoms with E-state index in [-0.39, 0.29) is 0 Å². The molecule has 2 aromatic carbocycles. The van der Waals surface area contributed by atoms with E-state index in [1.807, 2.05) is 50.2 Å². The van der Waals surface area contributed by atoms with Gasteiger partial charge >= 0.3 is 0 Å². The minimum Gasteiger partial charge on any atom is -0.497 e. The predicted molar refractivity (Wildman–Crippen MR) is 122 cm³/mol. The van der Waals surface area contributed by atoms with Gasteiger partial charge in [-0.25, -0.2) is 14.5 Å². The van der Waals surface area contributed by atoms with Crippen LogP contribution in [0.4, 0.5) is 11.5 Å². The molecule has 0 aliphatic heterocycles. The second-order valence-corrected chi connectivity index (χ2v) is 7.06. The summed E-state index contributed by atoms with van der Waals surface area (Å²) in [6.07, 6.45) is 0. The first-order chi connectivity index (χ1) is 15.5. The second kappa shape index (κ2) is 8.62. The Bertz CT molecular complexity index is 1240. The smallest absolute Gasteiger partial charge is 0.203 e. The highest BCUT2D eigenvalue weighted by Crippen LogP contribution is 2.41. The third kappa shape index (κ3) is 3.73. The van der Waals surface area contributed by atoms with Crippen molar-refractivity contribution in [2.75, 3.05) is 33.8 Å². The van der Waals surface area contributed by atoms with E-state index in [4.69, 9.17) is 29.0 Å². The lowest BCUT2D eigenvalue weighted by molar-refractivity contribution is 0.324. The summed E-state index contributed by atoms with van der Waals surface area (Å²) in [5, 5.41) is 8.09. The molecule has 2 aromatic heterocycles. The number of nitrogens with zero attached hydrogens (tertiary/aromatic N) is 4. The van der Waals surface area contributed by atoms with Gasteiger partial charge in [-0.15, -0.1) is 5.10 Å². The summed E-state index contributed by atoms with van der Waals surface area (Å²) >= 11 is 0. The van der Waals surface area contributed by atoms with Gasteiger partial charge in [0.1, 0.15) is 17.1 Å². The molecular formula is C23H25N5O4. The molecule has 0 aliphatic carbocycles. The summed E-state index contributed by atoms with van der Waals surface area (Å²) in [6.45, 7) is 3.84. The monoisotopic (exact) mass is 435 g/mol. The first-order valence-corrected chi connectivity index (χ1v) is 9.94. The van der Waals surface area contributed by atoms with Gasteiger partial charge in [0.2, 0.25) is 5.75 Å². The Balaban J connectivity index is 1.86. The van der Waals surface area contributed by atoms with E-state index in [0.29, 0.717) is 28.9 Å². The highest BCUT2D eigenvalue weighted by molar-refractivity contribution is 5.78. The number of aromatic nitrogens is 4. The third-order valence-electron chi connectivity index (χ3n) is 5.10. The molecule has 0 bridgehead atoms. The summed E-state index contributed by atoms with van der Waals surface area (Å²) in [6, 6.07) is 11.2. The maximum Gasteiger partial charge on any atom is 0.203 e. The predicted octanol–water partition coefficient (Wildman–Crippen LogP) is 4.19. The van der Waals surface area contributed by atoms with Crippen molar-refractivity contribution < 1.29 is 18.9 Å². The van der Waals surface area contributed by atoms with Crippen molar-refractivity contribution in [3.8, 4) is 34.4 Å². The zero-order valence-corrected chi connectivity index (χ0v) is 18.9. The van der Waals surface area contributed by atoms with Crippen LogP contribution < -0.4 is 24.3 Å². The Kier molecular flexibility index (Phi) is 5.72. The molecule has 4 rings (SSSR count). The molecule has 0 spiro atoms. The van der Waals surface area contributed by atoms with Crippen LogP contribution >= 0.6 is 0 Å². The Hall–Kier alpha value is -4.01. The molecule has 4 aromatic rings. The van der Waals surface area contributed by atoms with Gasteiger partial charge in [-0.05, 0) is 38.1 Å². The molecule has 0 amide bonds. The van der Waals surface area contributed by atoms with Crippen molar-refractivity contribution in [2.24, 2.45) is 0 Å². The number of hydrogen-bond acceptors (Lipinski definition) is 8. The van der Waals surface area contributed by atoms with Crippen LogP contribution in [-0.2, 0) is 0 Å². The van der Waals surface area contributed by atoms with Crippen LogP contribution in [0.15, 0.2) is 36.4 Å². The number of imidazole rings is 1. The van der Waals surface area contributed by atoms with Crippen LogP contribution in [0.1, 0.15) is 11.5 Å². The molecule has 0 unspecified atom stereocenters. The van der Waals surface area contributed by atoms with Crippen LogP contribution in [0.3, 0.4) is 0 Å². The molecule has 0 atom stereocenters. The number of aryl methyl sites for hydroxylation is 2. The fraction of sp³-hybridized carbons (Fsp3) is 0.261. The lowest BCUT2D eigenvalue weighted by Gasteiger charge is -2.16. The first-order valence-electron chi connectivity index (χ1n) is 9.94. The zero-order valence-electron chi connectivity index (χ0n) is 18.9. The van der Waals surface area contributed by atoms with Crippen molar-refractivity contribution >= 4 is 17.0 Å². The molecule has 166 valence electrons. The standard InChI is InChI=1S/C23H25N5O4/c1-13-20-23(25-16-11-18(30-4)21(32-6)19(12-16)31-5)26-22(27-28(20)14(2)24-13)15-7-9-17(29-3)10-8-15/h7-12H,1-6H3,(H,25,26,27). The number of ether oxygens (including phenoxy) is 4. The van der Waals surface area contributed by atoms with Crippen LogP contribution in [0, 0.1) is 13.8 Å². The number of methoxy groups -OCH3 is 4. The Morgan fingerprint density at radius 3 is 2.03 bits per heavy atom. The van der Waals surface area contributed by atoms with Crippen molar-refractivity contribution in [1.29, 1.82) is 0 Å². The van der Waals surface area contributed by atoms with Gasteiger partial charge in [-0.2, -0.15) is 0 Å². The van der Waals surface area contributed by atoms with Gasteiger partial charge in [0, 0.05) is 23.4 Å². The van der Waals surface area contributed by atoms with E-state index >= 15 is 0 Å². The fourth-order valence-electron chi connectivity index (χ4n) is 3.57. The minimum absolute atomic E-state index is 0.517. The molecule has 0 saturated carbocycles. The number of hydrogen-bond donors (Lipinski definition) is 1. The average Bonchev–Trinajstić information content (AvgIpc) is 3.11. The highest BCUT2D eigenvalue weighted by atomic mass is 16.5. The maximum atomic E-state index is 5.48. The molecule has 2 heterocycles. The van der Waals surface area contributed by atoms with Crippen LogP contribution in [-0.4, -0.2) is 48.0 Å². The first kappa shape index (κ1) is 21.2. The molecule has 0 saturated heterocycles. The Labute approximate surface area is 185 Å². The number of benzene rings is 2. The summed E-state index contributed by atoms with van der Waals surface area (Å²) in [4.78, 5) is 9.39. The summed E-state index contributed by atoms with van der Waals surface area (Å²) in [5.41, 5.74) is 3.18. The van der Waals surface area contributed by atoms with E-state index in [9.17, 15) is 0 Å². The summed E-state index contributed by atoms with van der Waals surface area (Å²) < 4.78 is 23.4. The Morgan fingerprint density at radius 2 is 1.47 bits per heavy atom. The van der Waals surface area contributed by atoms with Crippen molar-refractivity contribution in [3.63, 3.8) is 0 Å². The van der Waals surface area contributed by atoms with Crippen molar-refractivity contribution in [1.82, 2.24) is 19.6 Å². The molecule has 0 aliphatic rings. The minimum atomic E-state index is 0.517. The van der Waals surface area contributed by atoms with Gasteiger partial charge in [0.15, 0.2) is 23.1 Å². The lowest BCUT2D eigenvalue weighted by Crippen LogP contribution is -2.06. The second-order valence-electron chi connectivity index (χ2n) is 7.06. The average molecular weight is 435 g/mol. The number of nitrogens with one attached hydrogen (secondary N) is 1. The quantitative estimate of drug-likeness (QED) is 0.462. The van der Waals surface area contributed by atoms with E-state index in [0.717, 1.165) is 34.0 Å². The van der Waals surface area contributed by atoms with Crippen molar-refractivity contribution in [2.45, 2.75) is 13.8 Å². The Morgan fingerprint density at radius 1 is 0.812 bits per heavy atom. The summed E-state index contributed by atoms with van der Waals surface area (Å²) in [5.74, 6) is 4.28. The molecule has 0 fully saturated rings. The van der Waals surface area contributed by atoms with E-state index in [1.165, 1.54) is 0 Å². The highest BCUT2D eigenvalue weighted by Gasteiger charge is 2.18. The SMILES string of the molecule is COc1ccc(-c2nc(Nc3cc(OC)c(OC)c(OC)c3)c3c(C)nc(C)n3n2)cc1. The van der Waals surface area contributed by atoms with Crippen molar-refractivity contribution in [3.05, 3.63) is 47.9 Å². The van der Waals surface area contributed by atoms with Gasteiger partial charge < -0.3 is 24.3 Å². The van der Waals surface area contributed by atoms with Gasteiger partial charge in [-0.3, -0.25) is 0 Å². The normalized spacial score (nSPS) is 10.8. The van der Waals surface area contributed by atoms with Crippen LogP contribution in [0.2, 0.25) is 0 Å². The third-order valence-corrected chi connectivity index (χ3v) is 5.10. The topological polar surface area (TPSA) is 92.0 Å². The molecule has 32 heavy (non-hydrogen) atoms. The molecule has 9 nitrogen and oxygen atoms in total. The van der Waals surface area contributed by atoms with Gasteiger partial charge in [0.05, 0.1) is 34.1 Å². The molecule has 1 N–H and O–H groups in total. The number of fused-ring (bicyclic) bond motifs is 1. The van der Waals surface area contributed by atoms with Gasteiger partial charge in [0.25, 0.3) is 0 Å². The maximum absolute atomic E-state index is 5.48. The number of anilines is 2. The summed E-state index contributed by atoms with van der Waals surface area (Å²) in [7, 11) is 6.36. The fourth-order valence-corrected chi connectivity index (χ4v) is 3.57. The lowest BCUT2D eigenvalue weighted by atomic mass is 10.2.